The molecule has 1 fully saturated rings. The Morgan fingerprint density at radius 1 is 1.20 bits per heavy atom. The van der Waals surface area contributed by atoms with E-state index in [9.17, 15) is 0 Å². The van der Waals surface area contributed by atoms with Crippen LogP contribution in [0.3, 0.4) is 0 Å². The van der Waals surface area contributed by atoms with Gasteiger partial charge in [-0.25, -0.2) is 4.98 Å². The Labute approximate surface area is 118 Å². The second-order valence-corrected chi connectivity index (χ2v) is 4.99. The van der Waals surface area contributed by atoms with Gasteiger partial charge in [-0.3, -0.25) is 4.98 Å². The molecular formula is C15H20N4O. The van der Waals surface area contributed by atoms with Crippen LogP contribution in [0.15, 0.2) is 30.5 Å². The van der Waals surface area contributed by atoms with Gasteiger partial charge in [-0.1, -0.05) is 12.1 Å². The molecular weight excluding hydrogens is 252 g/mol. The number of benzene rings is 1. The van der Waals surface area contributed by atoms with Crippen LogP contribution < -0.4 is 10.6 Å². The van der Waals surface area contributed by atoms with Gasteiger partial charge >= 0.3 is 0 Å². The molecule has 1 aliphatic rings. The molecule has 2 heterocycles. The first kappa shape index (κ1) is 13.3. The van der Waals surface area contributed by atoms with E-state index in [1.54, 1.807) is 6.20 Å². The van der Waals surface area contributed by atoms with Gasteiger partial charge in [0.05, 0.1) is 29.9 Å². The van der Waals surface area contributed by atoms with E-state index in [1.165, 1.54) is 0 Å². The summed E-state index contributed by atoms with van der Waals surface area (Å²) in [6.07, 6.45) is 4.39. The van der Waals surface area contributed by atoms with Crippen LogP contribution in [0.25, 0.3) is 11.0 Å². The number of piperidine rings is 1. The topological polar surface area (TPSA) is 59.1 Å². The van der Waals surface area contributed by atoms with Gasteiger partial charge in [0.1, 0.15) is 5.82 Å². The summed E-state index contributed by atoms with van der Waals surface area (Å²) in [6, 6.07) is 7.88. The molecule has 5 nitrogen and oxygen atoms in total. The minimum absolute atomic E-state index is 0.403. The highest BCUT2D eigenvalue weighted by molar-refractivity contribution is 5.75. The average molecular weight is 272 g/mol. The van der Waals surface area contributed by atoms with E-state index in [0.29, 0.717) is 12.7 Å². The molecule has 1 aliphatic heterocycles. The summed E-state index contributed by atoms with van der Waals surface area (Å²) in [5.41, 5.74) is 1.83. The number of rotatable bonds is 5. The lowest BCUT2D eigenvalue weighted by atomic mass is 10.1. The lowest BCUT2D eigenvalue weighted by Gasteiger charge is -2.22. The Balaban J connectivity index is 1.47. The number of hydrogen-bond acceptors (Lipinski definition) is 5. The highest BCUT2D eigenvalue weighted by Crippen LogP contribution is 2.11. The van der Waals surface area contributed by atoms with Crippen molar-refractivity contribution in [3.63, 3.8) is 0 Å². The van der Waals surface area contributed by atoms with E-state index in [0.717, 1.165) is 49.3 Å². The molecule has 5 heteroatoms. The Morgan fingerprint density at radius 3 is 2.85 bits per heavy atom. The van der Waals surface area contributed by atoms with Gasteiger partial charge in [-0.05, 0) is 38.1 Å². The van der Waals surface area contributed by atoms with Crippen LogP contribution in [0.4, 0.5) is 5.82 Å². The molecule has 0 bridgehead atoms. The van der Waals surface area contributed by atoms with Gasteiger partial charge in [-0.2, -0.15) is 0 Å². The zero-order chi connectivity index (χ0) is 13.6. The van der Waals surface area contributed by atoms with E-state index in [4.69, 9.17) is 4.74 Å². The fraction of sp³-hybridized carbons (Fsp3) is 0.467. The monoisotopic (exact) mass is 272 g/mol. The van der Waals surface area contributed by atoms with Crippen molar-refractivity contribution in [2.75, 3.05) is 31.6 Å². The van der Waals surface area contributed by atoms with Crippen LogP contribution in [0.5, 0.6) is 0 Å². The van der Waals surface area contributed by atoms with Gasteiger partial charge in [0.15, 0.2) is 0 Å². The molecule has 0 radical (unpaired) electrons. The molecule has 0 saturated carbocycles. The molecule has 2 aromatic rings. The fourth-order valence-corrected chi connectivity index (χ4v) is 2.41. The minimum Gasteiger partial charge on any atom is -0.376 e. The van der Waals surface area contributed by atoms with Crippen LogP contribution >= 0.6 is 0 Å². The SMILES string of the molecule is c1ccc2nc(NCCOC3CCNCC3)cnc2c1. The van der Waals surface area contributed by atoms with Crippen molar-refractivity contribution in [1.82, 2.24) is 15.3 Å². The minimum atomic E-state index is 0.403. The summed E-state index contributed by atoms with van der Waals surface area (Å²) >= 11 is 0. The van der Waals surface area contributed by atoms with E-state index in [2.05, 4.69) is 20.6 Å². The maximum atomic E-state index is 5.84. The highest BCUT2D eigenvalue weighted by atomic mass is 16.5. The molecule has 20 heavy (non-hydrogen) atoms. The van der Waals surface area contributed by atoms with Crippen LogP contribution in [-0.4, -0.2) is 42.3 Å². The molecule has 0 unspecified atom stereocenters. The number of anilines is 1. The fourth-order valence-electron chi connectivity index (χ4n) is 2.41. The number of ether oxygens (including phenoxy) is 1. The zero-order valence-corrected chi connectivity index (χ0v) is 11.5. The Hall–Kier alpha value is -1.72. The second-order valence-electron chi connectivity index (χ2n) is 4.99. The predicted molar refractivity (Wildman–Crippen MR) is 79.9 cm³/mol. The van der Waals surface area contributed by atoms with E-state index < -0.39 is 0 Å². The summed E-state index contributed by atoms with van der Waals surface area (Å²) in [6.45, 7) is 3.60. The van der Waals surface area contributed by atoms with E-state index in [-0.39, 0.29) is 0 Å². The van der Waals surface area contributed by atoms with Crippen molar-refractivity contribution in [2.45, 2.75) is 18.9 Å². The Kier molecular flexibility index (Phi) is 4.40. The van der Waals surface area contributed by atoms with Gasteiger partial charge in [0.2, 0.25) is 0 Å². The third-order valence-corrected chi connectivity index (χ3v) is 3.50. The third kappa shape index (κ3) is 3.43. The number of hydrogen-bond donors (Lipinski definition) is 2. The number of nitrogens with one attached hydrogen (secondary N) is 2. The second kappa shape index (κ2) is 6.63. The van der Waals surface area contributed by atoms with Gasteiger partial charge in [0, 0.05) is 6.54 Å². The van der Waals surface area contributed by atoms with Crippen molar-refractivity contribution >= 4 is 16.9 Å². The first-order valence-corrected chi connectivity index (χ1v) is 7.20. The Bertz CT molecular complexity index is 554. The molecule has 0 amide bonds. The maximum Gasteiger partial charge on any atom is 0.145 e. The molecule has 0 spiro atoms. The summed E-state index contributed by atoms with van der Waals surface area (Å²) in [7, 11) is 0. The van der Waals surface area contributed by atoms with Crippen LogP contribution in [0.1, 0.15) is 12.8 Å². The quantitative estimate of drug-likeness (QED) is 0.813. The molecule has 2 N–H and O–H groups in total. The van der Waals surface area contributed by atoms with Gasteiger partial charge < -0.3 is 15.4 Å². The molecule has 1 aromatic heterocycles. The third-order valence-electron chi connectivity index (χ3n) is 3.50. The smallest absolute Gasteiger partial charge is 0.145 e. The predicted octanol–water partition coefficient (Wildman–Crippen LogP) is 1.81. The van der Waals surface area contributed by atoms with Gasteiger partial charge in [0.25, 0.3) is 0 Å². The molecule has 106 valence electrons. The number of fused-ring (bicyclic) bond motifs is 1. The molecule has 0 atom stereocenters. The van der Waals surface area contributed by atoms with Crippen molar-refractivity contribution in [3.8, 4) is 0 Å². The van der Waals surface area contributed by atoms with Crippen molar-refractivity contribution in [1.29, 1.82) is 0 Å². The summed E-state index contributed by atoms with van der Waals surface area (Å²) in [5.74, 6) is 0.803. The molecule has 1 aromatic carbocycles. The van der Waals surface area contributed by atoms with Gasteiger partial charge in [-0.15, -0.1) is 0 Å². The van der Waals surface area contributed by atoms with E-state index in [1.807, 2.05) is 24.3 Å². The first-order chi connectivity index (χ1) is 9.92. The van der Waals surface area contributed by atoms with Crippen molar-refractivity contribution in [2.24, 2.45) is 0 Å². The highest BCUT2D eigenvalue weighted by Gasteiger charge is 2.12. The van der Waals surface area contributed by atoms with E-state index >= 15 is 0 Å². The first-order valence-electron chi connectivity index (χ1n) is 7.20. The molecule has 1 saturated heterocycles. The number of nitrogens with zero attached hydrogens (tertiary/aromatic N) is 2. The number of aromatic nitrogens is 2. The standard InChI is InChI=1S/C15H20N4O/c1-2-4-14-13(3-1)18-11-15(19-14)17-9-10-20-12-5-7-16-8-6-12/h1-4,11-12,16H,5-10H2,(H,17,19). The normalized spacial score (nSPS) is 16.4. The summed E-state index contributed by atoms with van der Waals surface area (Å²) < 4.78 is 5.84. The largest absolute Gasteiger partial charge is 0.376 e. The lowest BCUT2D eigenvalue weighted by molar-refractivity contribution is 0.0394. The van der Waals surface area contributed by atoms with Crippen molar-refractivity contribution in [3.05, 3.63) is 30.5 Å². The summed E-state index contributed by atoms with van der Waals surface area (Å²) in [5, 5.41) is 6.60. The molecule has 0 aliphatic carbocycles. The van der Waals surface area contributed by atoms with Crippen LogP contribution in [-0.2, 0) is 4.74 Å². The number of para-hydroxylation sites is 2. The average Bonchev–Trinajstić information content (AvgIpc) is 2.52. The van der Waals surface area contributed by atoms with Crippen molar-refractivity contribution < 1.29 is 4.74 Å². The molecule has 3 rings (SSSR count). The Morgan fingerprint density at radius 2 is 2.00 bits per heavy atom. The van der Waals surface area contributed by atoms with Crippen LogP contribution in [0, 0.1) is 0 Å². The lowest BCUT2D eigenvalue weighted by Crippen LogP contribution is -2.33. The van der Waals surface area contributed by atoms with Crippen LogP contribution in [0.2, 0.25) is 0 Å². The maximum absolute atomic E-state index is 5.84. The summed E-state index contributed by atoms with van der Waals surface area (Å²) in [4.78, 5) is 8.90. The zero-order valence-electron chi connectivity index (χ0n) is 11.5.